The van der Waals surface area contributed by atoms with Gasteiger partial charge in [0.15, 0.2) is 0 Å². The molecule has 1 aliphatic rings. The van der Waals surface area contributed by atoms with E-state index in [1.165, 1.54) is 12.1 Å². The highest BCUT2D eigenvalue weighted by Crippen LogP contribution is 2.21. The van der Waals surface area contributed by atoms with Crippen molar-refractivity contribution >= 4 is 29.2 Å². The first-order valence-electron chi connectivity index (χ1n) is 7.80. The molecule has 132 valence electrons. The number of hydrogen-bond donors (Lipinski definition) is 1. The van der Waals surface area contributed by atoms with Crippen LogP contribution in [-0.4, -0.2) is 60.3 Å². The Bertz CT molecular complexity index is 745. The van der Waals surface area contributed by atoms with Gasteiger partial charge in [0.25, 0.3) is 5.69 Å². The van der Waals surface area contributed by atoms with Gasteiger partial charge in [0, 0.05) is 45.0 Å². The van der Waals surface area contributed by atoms with Gasteiger partial charge in [-0.2, -0.15) is 15.0 Å². The summed E-state index contributed by atoms with van der Waals surface area (Å²) in [7, 11) is 3.71. The molecule has 1 N–H and O–H groups in total. The first kappa shape index (κ1) is 16.8. The van der Waals surface area contributed by atoms with Gasteiger partial charge in [-0.25, -0.2) is 0 Å². The molecule has 0 aliphatic carbocycles. The minimum atomic E-state index is -0.437. The van der Waals surface area contributed by atoms with Crippen molar-refractivity contribution in [2.24, 2.45) is 0 Å². The number of benzene rings is 1. The molecule has 2 aromatic rings. The minimum absolute atomic E-state index is 0.0317. The topological polar surface area (TPSA) is 110 Å². The predicted molar refractivity (Wildman–Crippen MR) is 93.6 cm³/mol. The maximum atomic E-state index is 10.7. The lowest BCUT2D eigenvalue weighted by molar-refractivity contribution is -0.384. The van der Waals surface area contributed by atoms with E-state index in [1.54, 1.807) is 17.0 Å². The number of anilines is 4. The highest BCUT2D eigenvalue weighted by Gasteiger charge is 2.17. The van der Waals surface area contributed by atoms with Crippen LogP contribution in [0.15, 0.2) is 24.3 Å². The normalized spacial score (nSPS) is 14.2. The molecule has 2 heterocycles. The molecule has 10 heteroatoms. The third-order valence-corrected chi connectivity index (χ3v) is 3.64. The van der Waals surface area contributed by atoms with Crippen LogP contribution in [0, 0.1) is 10.1 Å². The average Bonchev–Trinajstić information content (AvgIpc) is 2.62. The fraction of sp³-hybridized carbons (Fsp3) is 0.400. The standard InChI is InChI=1S/C15H19N7O3/c1-20(2)14-17-13(16-11-3-5-12(6-4-11)22(23)24)18-15(19-14)21-7-9-25-10-8-21/h3-6H,7-10H2,1-2H3,(H,16,17,18,19). The third kappa shape index (κ3) is 4.10. The Hall–Kier alpha value is -3.01. The van der Waals surface area contributed by atoms with Crippen LogP contribution in [-0.2, 0) is 4.74 Å². The van der Waals surface area contributed by atoms with Crippen LogP contribution in [0.25, 0.3) is 0 Å². The van der Waals surface area contributed by atoms with Gasteiger partial charge in [0.05, 0.1) is 18.1 Å². The average molecular weight is 345 g/mol. The van der Waals surface area contributed by atoms with Crippen LogP contribution in [0.5, 0.6) is 0 Å². The Labute approximate surface area is 144 Å². The molecular weight excluding hydrogens is 326 g/mol. The lowest BCUT2D eigenvalue weighted by atomic mass is 10.3. The summed E-state index contributed by atoms with van der Waals surface area (Å²) in [5.41, 5.74) is 0.693. The second kappa shape index (κ2) is 7.26. The SMILES string of the molecule is CN(C)c1nc(Nc2ccc([N+](=O)[O-])cc2)nc(N2CCOCC2)n1. The van der Waals surface area contributed by atoms with E-state index in [0.29, 0.717) is 49.8 Å². The van der Waals surface area contributed by atoms with E-state index in [2.05, 4.69) is 20.3 Å². The second-order valence-corrected chi connectivity index (χ2v) is 5.68. The van der Waals surface area contributed by atoms with E-state index in [1.807, 2.05) is 19.0 Å². The maximum Gasteiger partial charge on any atom is 0.269 e. The Morgan fingerprint density at radius 1 is 1.16 bits per heavy atom. The van der Waals surface area contributed by atoms with Crippen molar-refractivity contribution in [2.75, 3.05) is 55.5 Å². The summed E-state index contributed by atoms with van der Waals surface area (Å²) in [4.78, 5) is 27.5. The number of aromatic nitrogens is 3. The Kier molecular flexibility index (Phi) is 4.89. The monoisotopic (exact) mass is 345 g/mol. The summed E-state index contributed by atoms with van der Waals surface area (Å²) in [6.07, 6.45) is 0. The van der Waals surface area contributed by atoms with Crippen molar-refractivity contribution < 1.29 is 9.66 Å². The quantitative estimate of drug-likeness (QED) is 0.635. The zero-order valence-corrected chi connectivity index (χ0v) is 14.0. The molecule has 0 bridgehead atoms. The molecule has 3 rings (SSSR count). The van der Waals surface area contributed by atoms with Gasteiger partial charge in [0.1, 0.15) is 0 Å². The lowest BCUT2D eigenvalue weighted by Gasteiger charge is -2.27. The van der Waals surface area contributed by atoms with E-state index in [0.717, 1.165) is 0 Å². The number of rotatable bonds is 5. The third-order valence-electron chi connectivity index (χ3n) is 3.64. The van der Waals surface area contributed by atoms with Gasteiger partial charge < -0.3 is 19.9 Å². The van der Waals surface area contributed by atoms with Gasteiger partial charge in [-0.3, -0.25) is 10.1 Å². The summed E-state index contributed by atoms with van der Waals surface area (Å²) < 4.78 is 5.36. The maximum absolute atomic E-state index is 10.7. The molecule has 25 heavy (non-hydrogen) atoms. The molecule has 1 aliphatic heterocycles. The van der Waals surface area contributed by atoms with Crippen molar-refractivity contribution in [1.29, 1.82) is 0 Å². The molecular formula is C15H19N7O3. The zero-order chi connectivity index (χ0) is 17.8. The van der Waals surface area contributed by atoms with E-state index >= 15 is 0 Å². The smallest absolute Gasteiger partial charge is 0.269 e. The number of morpholine rings is 1. The molecule has 10 nitrogen and oxygen atoms in total. The number of ether oxygens (including phenoxy) is 1. The number of nitro benzene ring substituents is 1. The largest absolute Gasteiger partial charge is 0.378 e. The van der Waals surface area contributed by atoms with Crippen LogP contribution in [0.4, 0.5) is 29.2 Å². The van der Waals surface area contributed by atoms with Crippen molar-refractivity contribution in [3.05, 3.63) is 34.4 Å². The van der Waals surface area contributed by atoms with Crippen molar-refractivity contribution in [3.63, 3.8) is 0 Å². The number of nitrogens with one attached hydrogen (secondary N) is 1. The fourth-order valence-corrected chi connectivity index (χ4v) is 2.31. The highest BCUT2D eigenvalue weighted by molar-refractivity contribution is 5.58. The summed E-state index contributed by atoms with van der Waals surface area (Å²) in [6, 6.07) is 6.09. The molecule has 0 unspecified atom stereocenters. The summed E-state index contributed by atoms with van der Waals surface area (Å²) in [6.45, 7) is 2.70. The first-order chi connectivity index (χ1) is 12.0. The van der Waals surface area contributed by atoms with Crippen molar-refractivity contribution in [2.45, 2.75) is 0 Å². The van der Waals surface area contributed by atoms with Gasteiger partial charge in [0.2, 0.25) is 17.8 Å². The summed E-state index contributed by atoms with van der Waals surface area (Å²) in [5.74, 6) is 1.49. The molecule has 0 radical (unpaired) electrons. The molecule has 1 aromatic carbocycles. The van der Waals surface area contributed by atoms with E-state index in [9.17, 15) is 10.1 Å². The van der Waals surface area contributed by atoms with E-state index < -0.39 is 4.92 Å². The van der Waals surface area contributed by atoms with E-state index in [-0.39, 0.29) is 5.69 Å². The molecule has 1 saturated heterocycles. The first-order valence-corrected chi connectivity index (χ1v) is 7.80. The van der Waals surface area contributed by atoms with Crippen molar-refractivity contribution in [1.82, 2.24) is 15.0 Å². The second-order valence-electron chi connectivity index (χ2n) is 5.68. The highest BCUT2D eigenvalue weighted by atomic mass is 16.6. The Morgan fingerprint density at radius 3 is 2.44 bits per heavy atom. The van der Waals surface area contributed by atoms with Gasteiger partial charge in [-0.05, 0) is 12.1 Å². The summed E-state index contributed by atoms with van der Waals surface area (Å²) in [5, 5.41) is 13.8. The Morgan fingerprint density at radius 2 is 1.84 bits per heavy atom. The molecule has 0 amide bonds. The van der Waals surface area contributed by atoms with Gasteiger partial charge >= 0.3 is 0 Å². The predicted octanol–water partition coefficient (Wildman–Crippen LogP) is 1.43. The van der Waals surface area contributed by atoms with Gasteiger partial charge in [-0.15, -0.1) is 0 Å². The molecule has 0 saturated carbocycles. The molecule has 1 aromatic heterocycles. The number of hydrogen-bond acceptors (Lipinski definition) is 9. The molecule has 0 spiro atoms. The van der Waals surface area contributed by atoms with Crippen LogP contribution in [0.1, 0.15) is 0 Å². The minimum Gasteiger partial charge on any atom is -0.378 e. The van der Waals surface area contributed by atoms with Crippen LogP contribution >= 0.6 is 0 Å². The Balaban J connectivity index is 1.86. The summed E-state index contributed by atoms with van der Waals surface area (Å²) >= 11 is 0. The lowest BCUT2D eigenvalue weighted by Crippen LogP contribution is -2.37. The van der Waals surface area contributed by atoms with Crippen molar-refractivity contribution in [3.8, 4) is 0 Å². The fourth-order valence-electron chi connectivity index (χ4n) is 2.31. The molecule has 0 atom stereocenters. The van der Waals surface area contributed by atoms with Crippen LogP contribution < -0.4 is 15.1 Å². The number of nitro groups is 1. The van der Waals surface area contributed by atoms with E-state index in [4.69, 9.17) is 4.74 Å². The zero-order valence-electron chi connectivity index (χ0n) is 14.0. The van der Waals surface area contributed by atoms with Crippen LogP contribution in [0.3, 0.4) is 0 Å². The van der Waals surface area contributed by atoms with Crippen LogP contribution in [0.2, 0.25) is 0 Å². The van der Waals surface area contributed by atoms with Gasteiger partial charge in [-0.1, -0.05) is 0 Å². The molecule has 1 fully saturated rings. The number of non-ortho nitro benzene ring substituents is 1. The number of nitrogens with zero attached hydrogens (tertiary/aromatic N) is 6.